The molecule has 5 heteroatoms. The van der Waals surface area contributed by atoms with E-state index in [1.54, 1.807) is 0 Å². The molecule has 0 heterocycles. The third-order valence-corrected chi connectivity index (χ3v) is 2.29. The summed E-state index contributed by atoms with van der Waals surface area (Å²) in [7, 11) is 1.13. The number of aliphatic hydroxyl groups excluding tert-OH is 1. The van der Waals surface area contributed by atoms with Crippen LogP contribution < -0.4 is 0 Å². The van der Waals surface area contributed by atoms with Crippen molar-refractivity contribution < 1.29 is 23.4 Å². The van der Waals surface area contributed by atoms with Crippen molar-refractivity contribution in [2.24, 2.45) is 5.92 Å². The van der Waals surface area contributed by atoms with Crippen molar-refractivity contribution in [2.45, 2.75) is 31.3 Å². The summed E-state index contributed by atoms with van der Waals surface area (Å²) >= 11 is 0. The maximum atomic E-state index is 12.8. The third kappa shape index (κ3) is 2.37. The Morgan fingerprint density at radius 1 is 1.62 bits per heavy atom. The van der Waals surface area contributed by atoms with Gasteiger partial charge in [0.05, 0.1) is 19.1 Å². The highest BCUT2D eigenvalue weighted by atomic mass is 19.3. The van der Waals surface area contributed by atoms with Gasteiger partial charge in [-0.05, 0) is 6.42 Å². The van der Waals surface area contributed by atoms with Crippen LogP contribution in [0.1, 0.15) is 19.3 Å². The zero-order valence-electron chi connectivity index (χ0n) is 7.30. The second kappa shape index (κ2) is 3.57. The Hall–Kier alpha value is -0.710. The second-order valence-electron chi connectivity index (χ2n) is 3.30. The number of esters is 1. The third-order valence-electron chi connectivity index (χ3n) is 2.29. The number of carbonyl (C=O) groups is 1. The van der Waals surface area contributed by atoms with Crippen LogP contribution in [0.4, 0.5) is 8.78 Å². The molecule has 0 bridgehead atoms. The normalized spacial score (nSPS) is 32.6. The van der Waals surface area contributed by atoms with Crippen LogP contribution in [0.3, 0.4) is 0 Å². The number of rotatable bonds is 1. The summed E-state index contributed by atoms with van der Waals surface area (Å²) in [5.41, 5.74) is 0. The van der Waals surface area contributed by atoms with Gasteiger partial charge in [0.2, 0.25) is 5.92 Å². The number of hydrogen-bond acceptors (Lipinski definition) is 3. The molecule has 1 saturated carbocycles. The number of hydrogen-bond donors (Lipinski definition) is 1. The van der Waals surface area contributed by atoms with Gasteiger partial charge in [-0.15, -0.1) is 0 Å². The largest absolute Gasteiger partial charge is 0.469 e. The topological polar surface area (TPSA) is 46.5 Å². The molecule has 0 radical (unpaired) electrons. The molecule has 0 saturated heterocycles. The monoisotopic (exact) mass is 194 g/mol. The number of halogens is 2. The van der Waals surface area contributed by atoms with E-state index in [0.717, 1.165) is 7.11 Å². The average Bonchev–Trinajstić information content (AvgIpc) is 2.08. The molecular formula is C8H12F2O3. The van der Waals surface area contributed by atoms with Crippen molar-refractivity contribution in [3.05, 3.63) is 0 Å². The van der Waals surface area contributed by atoms with Crippen molar-refractivity contribution in [1.82, 2.24) is 0 Å². The van der Waals surface area contributed by atoms with E-state index in [4.69, 9.17) is 0 Å². The molecule has 0 aliphatic heterocycles. The van der Waals surface area contributed by atoms with Gasteiger partial charge in [0, 0.05) is 12.8 Å². The van der Waals surface area contributed by atoms with Gasteiger partial charge in [-0.25, -0.2) is 8.78 Å². The molecule has 0 aromatic heterocycles. The predicted octanol–water partition coefficient (Wildman–Crippen LogP) is 0.956. The zero-order chi connectivity index (χ0) is 10.1. The Morgan fingerprint density at radius 2 is 2.23 bits per heavy atom. The highest BCUT2D eigenvalue weighted by Gasteiger charge is 2.44. The SMILES string of the molecule is COC(=O)C1CC(F)(F)CCC1O. The maximum absolute atomic E-state index is 12.8. The fourth-order valence-corrected chi connectivity index (χ4v) is 1.51. The van der Waals surface area contributed by atoms with Crippen LogP contribution in [0, 0.1) is 5.92 Å². The van der Waals surface area contributed by atoms with Crippen LogP contribution in [0.5, 0.6) is 0 Å². The van der Waals surface area contributed by atoms with Gasteiger partial charge in [-0.1, -0.05) is 0 Å². The molecule has 0 amide bonds. The summed E-state index contributed by atoms with van der Waals surface area (Å²) in [5, 5.41) is 9.27. The van der Waals surface area contributed by atoms with Crippen molar-refractivity contribution in [1.29, 1.82) is 0 Å². The van der Waals surface area contributed by atoms with Crippen molar-refractivity contribution >= 4 is 5.97 Å². The lowest BCUT2D eigenvalue weighted by Crippen LogP contribution is -2.40. The highest BCUT2D eigenvalue weighted by molar-refractivity contribution is 5.73. The molecule has 2 atom stereocenters. The lowest BCUT2D eigenvalue weighted by atomic mass is 9.84. The Morgan fingerprint density at radius 3 is 2.77 bits per heavy atom. The average molecular weight is 194 g/mol. The van der Waals surface area contributed by atoms with E-state index in [-0.39, 0.29) is 12.8 Å². The van der Waals surface area contributed by atoms with E-state index in [0.29, 0.717) is 0 Å². The first-order valence-electron chi connectivity index (χ1n) is 4.10. The molecule has 0 aromatic carbocycles. The summed E-state index contributed by atoms with van der Waals surface area (Å²) < 4.78 is 29.9. The second-order valence-corrected chi connectivity index (χ2v) is 3.30. The highest BCUT2D eigenvalue weighted by Crippen LogP contribution is 2.37. The van der Waals surface area contributed by atoms with Gasteiger partial charge < -0.3 is 9.84 Å². The van der Waals surface area contributed by atoms with Crippen LogP contribution in [-0.4, -0.2) is 30.2 Å². The molecule has 13 heavy (non-hydrogen) atoms. The first-order valence-corrected chi connectivity index (χ1v) is 4.10. The first kappa shape index (κ1) is 10.4. The molecule has 76 valence electrons. The molecule has 0 spiro atoms. The molecule has 1 fully saturated rings. The zero-order valence-corrected chi connectivity index (χ0v) is 7.30. The van der Waals surface area contributed by atoms with Gasteiger partial charge in [0.15, 0.2) is 0 Å². The van der Waals surface area contributed by atoms with Crippen molar-refractivity contribution in [2.75, 3.05) is 7.11 Å². The summed E-state index contributed by atoms with van der Waals surface area (Å²) in [6.07, 6.45) is -2.01. The van der Waals surface area contributed by atoms with E-state index in [2.05, 4.69) is 4.74 Å². The van der Waals surface area contributed by atoms with Gasteiger partial charge in [0.1, 0.15) is 0 Å². The number of methoxy groups -OCH3 is 1. The molecule has 1 aliphatic rings. The Bertz CT molecular complexity index is 206. The fourth-order valence-electron chi connectivity index (χ4n) is 1.51. The van der Waals surface area contributed by atoms with E-state index >= 15 is 0 Å². The molecular weight excluding hydrogens is 182 g/mol. The number of aliphatic hydroxyl groups is 1. The smallest absolute Gasteiger partial charge is 0.311 e. The Kier molecular flexibility index (Phi) is 2.85. The minimum atomic E-state index is -2.85. The van der Waals surface area contributed by atoms with Crippen LogP contribution in [-0.2, 0) is 9.53 Å². The quantitative estimate of drug-likeness (QED) is 0.632. The minimum absolute atomic E-state index is 0.0488. The standard InChI is InChI=1S/C8H12F2O3/c1-13-7(12)5-4-8(9,10)3-2-6(5)11/h5-6,11H,2-4H2,1H3. The molecule has 2 unspecified atom stereocenters. The van der Waals surface area contributed by atoms with Gasteiger partial charge >= 0.3 is 5.97 Å². The molecule has 3 nitrogen and oxygen atoms in total. The van der Waals surface area contributed by atoms with E-state index < -0.39 is 30.3 Å². The van der Waals surface area contributed by atoms with Gasteiger partial charge in [-0.3, -0.25) is 4.79 Å². The molecule has 0 aromatic rings. The van der Waals surface area contributed by atoms with Gasteiger partial charge in [-0.2, -0.15) is 0 Å². The first-order chi connectivity index (χ1) is 5.96. The van der Waals surface area contributed by atoms with Crippen LogP contribution in [0.15, 0.2) is 0 Å². The summed E-state index contributed by atoms with van der Waals surface area (Å²) in [5.74, 6) is -4.68. The van der Waals surface area contributed by atoms with Crippen molar-refractivity contribution in [3.63, 3.8) is 0 Å². The number of alkyl halides is 2. The van der Waals surface area contributed by atoms with E-state index in [1.165, 1.54) is 0 Å². The number of carbonyl (C=O) groups excluding carboxylic acids is 1. The van der Waals surface area contributed by atoms with Crippen molar-refractivity contribution in [3.8, 4) is 0 Å². The summed E-state index contributed by atoms with van der Waals surface area (Å²) in [6, 6.07) is 0. The van der Waals surface area contributed by atoms with Crippen LogP contribution in [0.25, 0.3) is 0 Å². The lowest BCUT2D eigenvalue weighted by molar-refractivity contribution is -0.161. The molecule has 1 N–H and O–H groups in total. The minimum Gasteiger partial charge on any atom is -0.469 e. The summed E-state index contributed by atoms with van der Waals surface area (Å²) in [4.78, 5) is 10.9. The van der Waals surface area contributed by atoms with Crippen LogP contribution >= 0.6 is 0 Å². The van der Waals surface area contributed by atoms with Gasteiger partial charge in [0.25, 0.3) is 0 Å². The maximum Gasteiger partial charge on any atom is 0.311 e. The molecule has 1 rings (SSSR count). The summed E-state index contributed by atoms with van der Waals surface area (Å²) in [6.45, 7) is 0. The van der Waals surface area contributed by atoms with Crippen LogP contribution in [0.2, 0.25) is 0 Å². The van der Waals surface area contributed by atoms with E-state index in [9.17, 15) is 18.7 Å². The van der Waals surface area contributed by atoms with E-state index in [1.807, 2.05) is 0 Å². The predicted molar refractivity (Wildman–Crippen MR) is 40.3 cm³/mol. The Balaban J connectivity index is 2.65. The number of ether oxygens (including phenoxy) is 1. The lowest BCUT2D eigenvalue weighted by Gasteiger charge is -2.31. The Labute approximate surface area is 74.7 Å². The fraction of sp³-hybridized carbons (Fsp3) is 0.875. The molecule has 1 aliphatic carbocycles.